The molecule has 0 aliphatic rings. The van der Waals surface area contributed by atoms with E-state index in [1.165, 1.54) is 36.5 Å². The number of benzene rings is 8. The smallest absolute Gasteiger partial charge is 0.160 e. The van der Waals surface area contributed by atoms with Gasteiger partial charge in [-0.05, 0) is 86.6 Å². The molecule has 248 valence electrons. The molecule has 0 spiro atoms. The minimum Gasteiger partial charge on any atom is -0.228 e. The summed E-state index contributed by atoms with van der Waals surface area (Å²) in [6, 6.07) is 69.2. The lowest BCUT2D eigenvalue weighted by atomic mass is 9.93. The molecule has 0 radical (unpaired) electrons. The van der Waals surface area contributed by atoms with Gasteiger partial charge in [-0.1, -0.05) is 152 Å². The Balaban J connectivity index is 1.20. The van der Waals surface area contributed by atoms with E-state index in [4.69, 9.17) is 9.97 Å². The van der Waals surface area contributed by atoms with Crippen LogP contribution in [-0.4, -0.2) is 9.97 Å². The Bertz CT molecular complexity index is 2930. The molecule has 0 atom stereocenters. The van der Waals surface area contributed by atoms with Crippen molar-refractivity contribution in [1.82, 2.24) is 9.97 Å². The topological polar surface area (TPSA) is 25.8 Å². The Labute approximate surface area is 312 Å². The van der Waals surface area contributed by atoms with Crippen molar-refractivity contribution in [3.8, 4) is 67.3 Å². The number of nitrogens with zero attached hydrogens (tertiary/aromatic N) is 2. The van der Waals surface area contributed by atoms with Crippen LogP contribution in [0.4, 0.5) is 0 Å². The summed E-state index contributed by atoms with van der Waals surface area (Å²) in [6.07, 6.45) is 0. The van der Waals surface area contributed by atoms with Crippen molar-refractivity contribution in [2.75, 3.05) is 0 Å². The van der Waals surface area contributed by atoms with E-state index in [0.717, 1.165) is 55.9 Å². The van der Waals surface area contributed by atoms with Gasteiger partial charge in [0.1, 0.15) is 0 Å². The Morgan fingerprint density at radius 1 is 0.321 bits per heavy atom. The highest BCUT2D eigenvalue weighted by molar-refractivity contribution is 7.26. The van der Waals surface area contributed by atoms with Crippen LogP contribution in [0.1, 0.15) is 0 Å². The lowest BCUT2D eigenvalue weighted by Crippen LogP contribution is -1.97. The molecule has 3 heteroatoms. The van der Waals surface area contributed by atoms with Crippen molar-refractivity contribution in [1.29, 1.82) is 0 Å². The summed E-state index contributed by atoms with van der Waals surface area (Å²) in [5, 5.41) is 5.18. The fourth-order valence-electron chi connectivity index (χ4n) is 7.49. The van der Waals surface area contributed by atoms with Crippen LogP contribution in [0.25, 0.3) is 98.2 Å². The molecule has 10 aromatic rings. The predicted molar refractivity (Wildman–Crippen MR) is 225 cm³/mol. The molecule has 0 aliphatic heterocycles. The molecule has 0 unspecified atom stereocenters. The predicted octanol–water partition coefficient (Wildman–Crippen LogP) is 14.0. The van der Waals surface area contributed by atoms with Gasteiger partial charge in [-0.25, -0.2) is 9.97 Å². The maximum Gasteiger partial charge on any atom is 0.160 e. The molecule has 10 rings (SSSR count). The lowest BCUT2D eigenvalue weighted by molar-refractivity contribution is 1.18. The average molecular weight is 693 g/mol. The summed E-state index contributed by atoms with van der Waals surface area (Å²) in [5.41, 5.74) is 11.8. The Hall–Kier alpha value is -6.68. The molecule has 0 amide bonds. The standard InChI is InChI=1S/C50H32N2S/c1-4-14-33(15-5-1)38-28-39(37-25-26-47-44(31-37)49-42-22-11-10-18-35(42)24-27-48(49)53-47)30-40(29-38)45-32-46(52-50(51-45)36-19-8-3-9-20-36)43-23-13-12-21-41(43)34-16-6-2-7-17-34/h1-32H. The van der Waals surface area contributed by atoms with Gasteiger partial charge in [0.15, 0.2) is 5.82 Å². The summed E-state index contributed by atoms with van der Waals surface area (Å²) < 4.78 is 2.61. The normalized spacial score (nSPS) is 11.4. The van der Waals surface area contributed by atoms with E-state index in [9.17, 15) is 0 Å². The van der Waals surface area contributed by atoms with Crippen LogP contribution in [0.3, 0.4) is 0 Å². The Morgan fingerprint density at radius 2 is 0.906 bits per heavy atom. The lowest BCUT2D eigenvalue weighted by Gasteiger charge is -2.15. The molecule has 2 heterocycles. The van der Waals surface area contributed by atoms with Gasteiger partial charge in [-0.2, -0.15) is 0 Å². The Kier molecular flexibility index (Phi) is 7.71. The van der Waals surface area contributed by atoms with Gasteiger partial charge in [0.25, 0.3) is 0 Å². The van der Waals surface area contributed by atoms with Gasteiger partial charge in [0.05, 0.1) is 11.4 Å². The van der Waals surface area contributed by atoms with Crippen LogP contribution in [0.2, 0.25) is 0 Å². The zero-order valence-corrected chi connectivity index (χ0v) is 29.6. The highest BCUT2D eigenvalue weighted by Crippen LogP contribution is 2.42. The molecule has 0 aliphatic carbocycles. The third-order valence-electron chi connectivity index (χ3n) is 10.1. The number of thiophene rings is 1. The quantitative estimate of drug-likeness (QED) is 0.173. The van der Waals surface area contributed by atoms with E-state index in [1.807, 2.05) is 29.5 Å². The van der Waals surface area contributed by atoms with Crippen LogP contribution in [0, 0.1) is 0 Å². The van der Waals surface area contributed by atoms with Crippen LogP contribution >= 0.6 is 11.3 Å². The third-order valence-corrected chi connectivity index (χ3v) is 11.2. The summed E-state index contributed by atoms with van der Waals surface area (Å²) in [4.78, 5) is 10.5. The summed E-state index contributed by atoms with van der Waals surface area (Å²) >= 11 is 1.86. The first-order valence-electron chi connectivity index (χ1n) is 17.9. The van der Waals surface area contributed by atoms with E-state index >= 15 is 0 Å². The first-order chi connectivity index (χ1) is 26.2. The first kappa shape index (κ1) is 31.1. The van der Waals surface area contributed by atoms with Crippen molar-refractivity contribution >= 4 is 42.3 Å². The largest absolute Gasteiger partial charge is 0.228 e. The molecular weight excluding hydrogens is 661 g/mol. The fraction of sp³-hybridized carbons (Fsp3) is 0. The molecular formula is C50H32N2S. The fourth-order valence-corrected chi connectivity index (χ4v) is 8.59. The van der Waals surface area contributed by atoms with Crippen molar-refractivity contribution < 1.29 is 0 Å². The average Bonchev–Trinajstić information content (AvgIpc) is 3.63. The van der Waals surface area contributed by atoms with Crippen molar-refractivity contribution in [3.63, 3.8) is 0 Å². The summed E-state index contributed by atoms with van der Waals surface area (Å²) in [7, 11) is 0. The minimum atomic E-state index is 0.700. The van der Waals surface area contributed by atoms with E-state index in [-0.39, 0.29) is 0 Å². The first-order valence-corrected chi connectivity index (χ1v) is 18.7. The van der Waals surface area contributed by atoms with Crippen LogP contribution in [0.15, 0.2) is 194 Å². The highest BCUT2D eigenvalue weighted by atomic mass is 32.1. The van der Waals surface area contributed by atoms with Crippen molar-refractivity contribution in [2.45, 2.75) is 0 Å². The Morgan fingerprint density at radius 3 is 1.68 bits per heavy atom. The number of aromatic nitrogens is 2. The van der Waals surface area contributed by atoms with Gasteiger partial charge in [-0.3, -0.25) is 0 Å². The molecule has 8 aromatic carbocycles. The minimum absolute atomic E-state index is 0.700. The van der Waals surface area contributed by atoms with Crippen LogP contribution in [0.5, 0.6) is 0 Å². The molecule has 0 saturated heterocycles. The van der Waals surface area contributed by atoms with Gasteiger partial charge in [0.2, 0.25) is 0 Å². The van der Waals surface area contributed by atoms with Gasteiger partial charge in [0, 0.05) is 36.9 Å². The monoisotopic (exact) mass is 692 g/mol. The zero-order chi connectivity index (χ0) is 35.1. The maximum absolute atomic E-state index is 5.28. The molecule has 2 aromatic heterocycles. The molecule has 0 fully saturated rings. The SMILES string of the molecule is c1ccc(-c2cc(-c3ccc4sc5ccc6ccccc6c5c4c3)cc(-c3cc(-c4ccccc4-c4ccccc4)nc(-c4ccccc4)n3)c2)cc1. The van der Waals surface area contributed by atoms with Gasteiger partial charge in [-0.15, -0.1) is 11.3 Å². The number of rotatable bonds is 6. The van der Waals surface area contributed by atoms with E-state index in [2.05, 4.69) is 176 Å². The number of hydrogen-bond donors (Lipinski definition) is 0. The number of hydrogen-bond acceptors (Lipinski definition) is 3. The van der Waals surface area contributed by atoms with Gasteiger partial charge < -0.3 is 0 Å². The molecule has 0 bridgehead atoms. The second-order valence-electron chi connectivity index (χ2n) is 13.4. The van der Waals surface area contributed by atoms with Gasteiger partial charge >= 0.3 is 0 Å². The second kappa shape index (κ2) is 13.1. The van der Waals surface area contributed by atoms with E-state index < -0.39 is 0 Å². The van der Waals surface area contributed by atoms with Crippen molar-refractivity contribution in [3.05, 3.63) is 194 Å². The van der Waals surface area contributed by atoms with E-state index in [1.54, 1.807) is 0 Å². The summed E-state index contributed by atoms with van der Waals surface area (Å²) in [5.74, 6) is 0.700. The molecule has 0 saturated carbocycles. The number of fused-ring (bicyclic) bond motifs is 5. The molecule has 53 heavy (non-hydrogen) atoms. The second-order valence-corrected chi connectivity index (χ2v) is 14.5. The molecule has 2 nitrogen and oxygen atoms in total. The van der Waals surface area contributed by atoms with Crippen LogP contribution < -0.4 is 0 Å². The van der Waals surface area contributed by atoms with Crippen molar-refractivity contribution in [2.24, 2.45) is 0 Å². The zero-order valence-electron chi connectivity index (χ0n) is 28.8. The van der Waals surface area contributed by atoms with E-state index in [0.29, 0.717) is 5.82 Å². The summed E-state index contributed by atoms with van der Waals surface area (Å²) in [6.45, 7) is 0. The third kappa shape index (κ3) is 5.78. The molecule has 0 N–H and O–H groups in total. The highest BCUT2D eigenvalue weighted by Gasteiger charge is 2.17. The maximum atomic E-state index is 5.28. The van der Waals surface area contributed by atoms with Crippen LogP contribution in [-0.2, 0) is 0 Å².